The van der Waals surface area contributed by atoms with Crippen LogP contribution in [0.15, 0.2) is 29.2 Å². The molecule has 0 spiro atoms. The summed E-state index contributed by atoms with van der Waals surface area (Å²) in [6, 6.07) is 8.60. The van der Waals surface area contributed by atoms with E-state index < -0.39 is 10.8 Å². The van der Waals surface area contributed by atoms with Crippen LogP contribution in [0.5, 0.6) is 0 Å². The van der Waals surface area contributed by atoms with Crippen molar-refractivity contribution in [2.24, 2.45) is 0 Å². The molecule has 0 aliphatic rings. The average Bonchev–Trinajstić information content (AvgIpc) is 2.41. The quantitative estimate of drug-likeness (QED) is 0.700. The zero-order valence-corrected chi connectivity index (χ0v) is 13.3. The van der Waals surface area contributed by atoms with E-state index in [2.05, 4.69) is 19.2 Å². The Morgan fingerprint density at radius 3 is 2.79 bits per heavy atom. The van der Waals surface area contributed by atoms with E-state index in [1.54, 1.807) is 0 Å². The third-order valence-corrected chi connectivity index (χ3v) is 4.65. The third-order valence-electron chi connectivity index (χ3n) is 3.21. The molecule has 0 aliphatic heterocycles. The minimum absolute atomic E-state index is 0.576. The second-order valence-corrected chi connectivity index (χ2v) is 6.79. The van der Waals surface area contributed by atoms with Gasteiger partial charge in [-0.2, -0.15) is 0 Å². The van der Waals surface area contributed by atoms with Crippen LogP contribution in [-0.4, -0.2) is 22.5 Å². The molecule has 2 unspecified atom stereocenters. The van der Waals surface area contributed by atoms with E-state index >= 15 is 0 Å². The van der Waals surface area contributed by atoms with Crippen LogP contribution in [0.2, 0.25) is 0 Å². The number of nitrogens with one attached hydrogen (secondary N) is 1. The Balaban J connectivity index is 2.21. The van der Waals surface area contributed by atoms with Crippen LogP contribution in [0.25, 0.3) is 0 Å². The largest absolute Gasteiger partial charge is 0.314 e. The van der Waals surface area contributed by atoms with Crippen molar-refractivity contribution in [3.8, 4) is 0 Å². The highest BCUT2D eigenvalue weighted by molar-refractivity contribution is 7.85. The van der Waals surface area contributed by atoms with E-state index in [0.29, 0.717) is 6.04 Å². The summed E-state index contributed by atoms with van der Waals surface area (Å²) in [5.41, 5.74) is 1.18. The number of benzene rings is 1. The molecule has 2 nitrogen and oxygen atoms in total. The van der Waals surface area contributed by atoms with Crippen molar-refractivity contribution in [1.82, 2.24) is 5.32 Å². The fraction of sp³-hybridized carbons (Fsp3) is 0.625. The second-order valence-electron chi connectivity index (χ2n) is 5.22. The number of hydrogen-bond donors (Lipinski definition) is 1. The molecule has 0 saturated carbocycles. The molecule has 0 radical (unpaired) electrons. The van der Waals surface area contributed by atoms with Gasteiger partial charge >= 0.3 is 0 Å². The first-order chi connectivity index (χ1) is 9.13. The van der Waals surface area contributed by atoms with E-state index in [4.69, 9.17) is 0 Å². The molecule has 1 N–H and O–H groups in total. The maximum absolute atomic E-state index is 12.1. The lowest BCUT2D eigenvalue weighted by Gasteiger charge is -2.12. The van der Waals surface area contributed by atoms with Gasteiger partial charge in [-0.15, -0.1) is 0 Å². The summed E-state index contributed by atoms with van der Waals surface area (Å²) in [5.74, 6) is 0.782. The van der Waals surface area contributed by atoms with Crippen molar-refractivity contribution >= 4 is 10.8 Å². The van der Waals surface area contributed by atoms with Gasteiger partial charge in [0.05, 0.1) is 10.8 Å². The zero-order valence-electron chi connectivity index (χ0n) is 12.4. The molecule has 1 aromatic carbocycles. The van der Waals surface area contributed by atoms with Crippen molar-refractivity contribution in [3.05, 3.63) is 29.8 Å². The van der Waals surface area contributed by atoms with Crippen molar-refractivity contribution in [3.63, 3.8) is 0 Å². The molecule has 3 heteroatoms. The summed E-state index contributed by atoms with van der Waals surface area (Å²) < 4.78 is 12.1. The van der Waals surface area contributed by atoms with Crippen molar-refractivity contribution in [1.29, 1.82) is 0 Å². The van der Waals surface area contributed by atoms with E-state index in [-0.39, 0.29) is 0 Å². The van der Waals surface area contributed by atoms with Gasteiger partial charge in [-0.05, 0) is 57.4 Å². The summed E-state index contributed by atoms with van der Waals surface area (Å²) in [6.07, 6.45) is 4.54. The molecule has 0 aliphatic carbocycles. The Hall–Kier alpha value is -0.670. The Morgan fingerprint density at radius 1 is 1.32 bits per heavy atom. The number of unbranched alkanes of at least 4 members (excludes halogenated alkanes) is 1. The van der Waals surface area contributed by atoms with Crippen LogP contribution in [0, 0.1) is 6.92 Å². The Bertz CT molecular complexity index is 392. The van der Waals surface area contributed by atoms with E-state index in [1.165, 1.54) is 18.4 Å². The van der Waals surface area contributed by atoms with E-state index in [0.717, 1.165) is 30.0 Å². The van der Waals surface area contributed by atoms with Crippen molar-refractivity contribution < 1.29 is 4.21 Å². The van der Waals surface area contributed by atoms with E-state index in [1.807, 2.05) is 31.2 Å². The number of hydrogen-bond acceptors (Lipinski definition) is 2. The van der Waals surface area contributed by atoms with Crippen molar-refractivity contribution in [2.45, 2.75) is 57.4 Å². The summed E-state index contributed by atoms with van der Waals surface area (Å²) in [5, 5.41) is 3.48. The summed E-state index contributed by atoms with van der Waals surface area (Å²) in [4.78, 5) is 0.970. The predicted molar refractivity (Wildman–Crippen MR) is 84.1 cm³/mol. The van der Waals surface area contributed by atoms with Gasteiger partial charge in [-0.25, -0.2) is 0 Å². The smallest absolute Gasteiger partial charge is 0.0529 e. The van der Waals surface area contributed by atoms with Crippen LogP contribution in [-0.2, 0) is 10.8 Å². The molecule has 0 bridgehead atoms. The Kier molecular flexibility index (Phi) is 7.99. The zero-order chi connectivity index (χ0) is 14.1. The third kappa shape index (κ3) is 6.88. The first-order valence-electron chi connectivity index (χ1n) is 7.32. The van der Waals surface area contributed by atoms with Crippen LogP contribution < -0.4 is 5.32 Å². The second kappa shape index (κ2) is 9.27. The van der Waals surface area contributed by atoms with E-state index in [9.17, 15) is 4.21 Å². The number of rotatable bonds is 9. The topological polar surface area (TPSA) is 29.1 Å². The average molecular weight is 281 g/mol. The molecule has 0 saturated heterocycles. The molecule has 0 amide bonds. The van der Waals surface area contributed by atoms with Gasteiger partial charge < -0.3 is 5.32 Å². The minimum atomic E-state index is -0.834. The highest BCUT2D eigenvalue weighted by Crippen LogP contribution is 2.11. The molecule has 19 heavy (non-hydrogen) atoms. The normalized spacial score (nSPS) is 14.3. The lowest BCUT2D eigenvalue weighted by atomic mass is 10.1. The molecule has 108 valence electrons. The van der Waals surface area contributed by atoms with Crippen LogP contribution in [0.4, 0.5) is 0 Å². The van der Waals surface area contributed by atoms with Gasteiger partial charge in [0.2, 0.25) is 0 Å². The fourth-order valence-corrected chi connectivity index (χ4v) is 3.30. The van der Waals surface area contributed by atoms with Gasteiger partial charge in [-0.3, -0.25) is 4.21 Å². The highest BCUT2D eigenvalue weighted by atomic mass is 32.2. The van der Waals surface area contributed by atoms with Gasteiger partial charge in [-0.1, -0.05) is 25.5 Å². The van der Waals surface area contributed by atoms with Gasteiger partial charge in [0.1, 0.15) is 0 Å². The number of aryl methyl sites for hydroxylation is 1. The summed E-state index contributed by atoms with van der Waals surface area (Å²) >= 11 is 0. The SMILES string of the molecule is CCCNC(C)CCCCS(=O)c1cccc(C)c1. The maximum Gasteiger partial charge on any atom is 0.0529 e. The van der Waals surface area contributed by atoms with Crippen LogP contribution in [0.1, 0.15) is 45.1 Å². The van der Waals surface area contributed by atoms with Gasteiger partial charge in [0.25, 0.3) is 0 Å². The molecular weight excluding hydrogens is 254 g/mol. The predicted octanol–water partition coefficient (Wildman–Crippen LogP) is 3.66. The fourth-order valence-electron chi connectivity index (χ4n) is 2.05. The molecule has 0 aromatic heterocycles. The minimum Gasteiger partial charge on any atom is -0.314 e. The molecule has 0 fully saturated rings. The lowest BCUT2D eigenvalue weighted by Crippen LogP contribution is -2.26. The standard InChI is InChI=1S/C16H27NOS/c1-4-11-17-15(3)9-5-6-12-19(18)16-10-7-8-14(2)13-16/h7-8,10,13,15,17H,4-6,9,11-12H2,1-3H3. The lowest BCUT2D eigenvalue weighted by molar-refractivity contribution is 0.495. The molecule has 1 rings (SSSR count). The molecule has 2 atom stereocenters. The monoisotopic (exact) mass is 281 g/mol. The highest BCUT2D eigenvalue weighted by Gasteiger charge is 2.05. The first-order valence-corrected chi connectivity index (χ1v) is 8.63. The molecule has 1 aromatic rings. The van der Waals surface area contributed by atoms with Crippen LogP contribution in [0.3, 0.4) is 0 Å². The summed E-state index contributed by atoms with van der Waals surface area (Å²) in [6.45, 7) is 7.55. The Labute approximate surface area is 120 Å². The molecule has 0 heterocycles. The first kappa shape index (κ1) is 16.4. The summed E-state index contributed by atoms with van der Waals surface area (Å²) in [7, 11) is -0.834. The molecular formula is C16H27NOS. The van der Waals surface area contributed by atoms with Gasteiger partial charge in [0, 0.05) is 16.7 Å². The van der Waals surface area contributed by atoms with Crippen LogP contribution >= 0.6 is 0 Å². The Morgan fingerprint density at radius 2 is 2.11 bits per heavy atom. The van der Waals surface area contributed by atoms with Crippen molar-refractivity contribution in [2.75, 3.05) is 12.3 Å². The maximum atomic E-state index is 12.1. The van der Waals surface area contributed by atoms with Gasteiger partial charge in [0.15, 0.2) is 0 Å².